The molecule has 0 fully saturated rings. The largest absolute Gasteiger partial charge is 0.354 e. The molecule has 4 aromatic heterocycles. The minimum absolute atomic E-state index is 0.843. The number of pyridine rings is 1. The van der Waals surface area contributed by atoms with Gasteiger partial charge in [0.2, 0.25) is 0 Å². The Labute approximate surface area is 324 Å². The number of nitrogens with one attached hydrogen (secondary N) is 2. The van der Waals surface area contributed by atoms with Crippen LogP contribution in [0, 0.1) is 0 Å². The van der Waals surface area contributed by atoms with Crippen LogP contribution in [-0.4, -0.2) is 24.9 Å². The number of hydrogen-bond donors (Lipinski definition) is 2. The highest BCUT2D eigenvalue weighted by Gasteiger charge is 2.20. The van der Waals surface area contributed by atoms with Crippen LogP contribution in [0.1, 0.15) is 34.0 Å². The topological polar surface area (TPSA) is 70.2 Å². The summed E-state index contributed by atoms with van der Waals surface area (Å²) in [5.74, 6) is 0. The molecule has 8 aromatic rings. The lowest BCUT2D eigenvalue weighted by Gasteiger charge is -2.09. The average molecular weight is 718 g/mol. The van der Waals surface area contributed by atoms with Crippen LogP contribution in [-0.2, 0) is 0 Å². The molecule has 0 atom stereocenters. The molecule has 56 heavy (non-hydrogen) atoms. The fourth-order valence-electron chi connectivity index (χ4n) is 7.73. The lowest BCUT2D eigenvalue weighted by molar-refractivity contribution is 1.27. The second kappa shape index (κ2) is 14.3. The molecule has 0 saturated heterocycles. The van der Waals surface area contributed by atoms with Gasteiger partial charge >= 0.3 is 0 Å². The Bertz CT molecular complexity index is 2850. The van der Waals surface area contributed by atoms with E-state index in [1.54, 1.807) is 0 Å². The smallest absolute Gasteiger partial charge is 0.0738 e. The van der Waals surface area contributed by atoms with E-state index in [1.807, 2.05) is 36.5 Å². The number of H-pyrrole nitrogens is 2. The molecular formula is C51H35N5. The van der Waals surface area contributed by atoms with Gasteiger partial charge in [-0.15, -0.1) is 0 Å². The summed E-state index contributed by atoms with van der Waals surface area (Å²) in [7, 11) is 0. The van der Waals surface area contributed by atoms with E-state index in [9.17, 15) is 0 Å². The van der Waals surface area contributed by atoms with E-state index < -0.39 is 0 Å². The molecule has 264 valence electrons. The van der Waals surface area contributed by atoms with Gasteiger partial charge in [0.05, 0.1) is 28.5 Å². The van der Waals surface area contributed by atoms with Crippen molar-refractivity contribution in [3.63, 3.8) is 0 Å². The molecule has 2 aliphatic rings. The SMILES string of the molecule is C1=Cc2nc1c(-c1ccccc1/C=C\c1ccccn1)c1nc(c(-c3ccccc3)c3ccc([nH]3)c(-c3ccccc3)c3ccc([nH]3)c2-c2ccccc2)C=C1. The Balaban J connectivity index is 1.35. The number of aromatic nitrogens is 5. The van der Waals surface area contributed by atoms with Crippen LogP contribution >= 0.6 is 0 Å². The lowest BCUT2D eigenvalue weighted by atomic mass is 9.96. The molecule has 2 aliphatic heterocycles. The molecule has 5 nitrogen and oxygen atoms in total. The fraction of sp³-hybridized carbons (Fsp3) is 0. The highest BCUT2D eigenvalue weighted by Crippen LogP contribution is 2.39. The molecule has 0 saturated carbocycles. The maximum atomic E-state index is 5.46. The first-order chi connectivity index (χ1) is 27.8. The second-order valence-electron chi connectivity index (χ2n) is 13.8. The molecule has 0 amide bonds. The standard InChI is InChI=1S/C51H35N5/c1-4-15-35(16-5-1)48-40-25-27-42(53-40)49(36-17-6-2-7-18-36)44-29-31-46(55-44)51(39-22-11-10-14-34(39)23-24-38-21-12-13-33-52-38)47-32-30-45(56-47)50(37-19-8-3-9-20-37)43-28-26-41(48)54-43/h1-33,53-54H/b24-23-,48-40?,48-41?,49-42?,49-44?,50-43?,50-45?,51-46?,51-47?. The summed E-state index contributed by atoms with van der Waals surface area (Å²) in [6.45, 7) is 0. The first-order valence-electron chi connectivity index (χ1n) is 18.8. The van der Waals surface area contributed by atoms with E-state index in [4.69, 9.17) is 9.97 Å². The molecule has 5 heteroatoms. The normalized spacial score (nSPS) is 12.1. The summed E-state index contributed by atoms with van der Waals surface area (Å²) >= 11 is 0. The molecule has 6 heterocycles. The molecule has 0 aliphatic carbocycles. The van der Waals surface area contributed by atoms with Crippen LogP contribution < -0.4 is 0 Å². The third kappa shape index (κ3) is 6.17. The van der Waals surface area contributed by atoms with Crippen molar-refractivity contribution in [2.24, 2.45) is 0 Å². The van der Waals surface area contributed by atoms with E-state index in [1.165, 1.54) is 0 Å². The van der Waals surface area contributed by atoms with Gasteiger partial charge in [0, 0.05) is 50.5 Å². The van der Waals surface area contributed by atoms with E-state index in [0.29, 0.717) is 0 Å². The average Bonchev–Trinajstić information content (AvgIpc) is 4.10. The molecule has 4 aromatic carbocycles. The van der Waals surface area contributed by atoms with Gasteiger partial charge in [-0.25, -0.2) is 9.97 Å². The van der Waals surface area contributed by atoms with Crippen molar-refractivity contribution >= 4 is 58.5 Å². The van der Waals surface area contributed by atoms with Crippen LogP contribution in [0.5, 0.6) is 0 Å². The first-order valence-corrected chi connectivity index (χ1v) is 18.8. The first kappa shape index (κ1) is 33.0. The number of hydrogen-bond acceptors (Lipinski definition) is 3. The van der Waals surface area contributed by atoms with Crippen LogP contribution in [0.2, 0.25) is 0 Å². The number of rotatable bonds is 6. The van der Waals surface area contributed by atoms with Crippen LogP contribution in [0.15, 0.2) is 164 Å². The highest BCUT2D eigenvalue weighted by molar-refractivity contribution is 6.00. The molecule has 2 N–H and O–H groups in total. The molecular weight excluding hydrogens is 683 g/mol. The predicted molar refractivity (Wildman–Crippen MR) is 234 cm³/mol. The van der Waals surface area contributed by atoms with Crippen molar-refractivity contribution < 1.29 is 0 Å². The molecule has 10 rings (SSSR count). The van der Waals surface area contributed by atoms with E-state index in [0.717, 1.165) is 101 Å². The van der Waals surface area contributed by atoms with Gasteiger partial charge in [-0.3, -0.25) is 4.98 Å². The van der Waals surface area contributed by atoms with Crippen molar-refractivity contribution in [1.29, 1.82) is 0 Å². The zero-order valence-electron chi connectivity index (χ0n) is 30.4. The summed E-state index contributed by atoms with van der Waals surface area (Å²) in [5, 5.41) is 0. The van der Waals surface area contributed by atoms with E-state index >= 15 is 0 Å². The van der Waals surface area contributed by atoms with Crippen molar-refractivity contribution in [2.75, 3.05) is 0 Å². The van der Waals surface area contributed by atoms with Gasteiger partial charge in [0.15, 0.2) is 0 Å². The summed E-state index contributed by atoms with van der Waals surface area (Å²) in [5.41, 5.74) is 17.7. The van der Waals surface area contributed by atoms with E-state index in [-0.39, 0.29) is 0 Å². The lowest BCUT2D eigenvalue weighted by Crippen LogP contribution is -1.93. The summed E-state index contributed by atoms with van der Waals surface area (Å²) in [4.78, 5) is 23.1. The van der Waals surface area contributed by atoms with Gasteiger partial charge in [-0.2, -0.15) is 0 Å². The predicted octanol–water partition coefficient (Wildman–Crippen LogP) is 12.9. The fourth-order valence-corrected chi connectivity index (χ4v) is 7.73. The maximum Gasteiger partial charge on any atom is 0.0738 e. The Hall–Kier alpha value is -7.63. The third-order valence-electron chi connectivity index (χ3n) is 10.3. The van der Waals surface area contributed by atoms with Crippen molar-refractivity contribution in [2.45, 2.75) is 0 Å². The maximum absolute atomic E-state index is 5.46. The minimum atomic E-state index is 0.843. The highest BCUT2D eigenvalue weighted by atomic mass is 14.8. The third-order valence-corrected chi connectivity index (χ3v) is 10.3. The molecule has 0 radical (unpaired) electrons. The van der Waals surface area contributed by atoms with Gasteiger partial charge in [0.1, 0.15) is 0 Å². The number of fused-ring (bicyclic) bond motifs is 8. The Morgan fingerprint density at radius 3 is 1.29 bits per heavy atom. The summed E-state index contributed by atoms with van der Waals surface area (Å²) in [6.07, 6.45) is 14.5. The summed E-state index contributed by atoms with van der Waals surface area (Å²) < 4.78 is 0. The van der Waals surface area contributed by atoms with E-state index in [2.05, 4.69) is 179 Å². The van der Waals surface area contributed by atoms with Gasteiger partial charge < -0.3 is 9.97 Å². The van der Waals surface area contributed by atoms with Crippen LogP contribution in [0.4, 0.5) is 0 Å². The van der Waals surface area contributed by atoms with Gasteiger partial charge in [-0.05, 0) is 94.6 Å². The Kier molecular flexibility index (Phi) is 8.43. The minimum Gasteiger partial charge on any atom is -0.354 e. The zero-order chi connectivity index (χ0) is 37.3. The molecule has 8 bridgehead atoms. The van der Waals surface area contributed by atoms with Crippen LogP contribution in [0.3, 0.4) is 0 Å². The Morgan fingerprint density at radius 1 is 0.357 bits per heavy atom. The van der Waals surface area contributed by atoms with Crippen molar-refractivity contribution in [3.8, 4) is 44.5 Å². The number of benzene rings is 4. The monoisotopic (exact) mass is 717 g/mol. The number of nitrogens with zero attached hydrogens (tertiary/aromatic N) is 3. The molecule has 0 spiro atoms. The van der Waals surface area contributed by atoms with Crippen LogP contribution in [0.25, 0.3) is 103 Å². The zero-order valence-corrected chi connectivity index (χ0v) is 30.4. The van der Waals surface area contributed by atoms with Gasteiger partial charge in [-0.1, -0.05) is 127 Å². The second-order valence-corrected chi connectivity index (χ2v) is 13.8. The summed E-state index contributed by atoms with van der Waals surface area (Å²) in [6, 6.07) is 54.7. The van der Waals surface area contributed by atoms with Gasteiger partial charge in [0.25, 0.3) is 0 Å². The van der Waals surface area contributed by atoms with Crippen molar-refractivity contribution in [1.82, 2.24) is 24.9 Å². The van der Waals surface area contributed by atoms with Crippen molar-refractivity contribution in [3.05, 3.63) is 198 Å². The number of aromatic amines is 2. The molecule has 0 unspecified atom stereocenters. The quantitative estimate of drug-likeness (QED) is 0.180. The Morgan fingerprint density at radius 2 is 0.786 bits per heavy atom.